The molecule has 0 radical (unpaired) electrons. The van der Waals surface area contributed by atoms with Gasteiger partial charge in [-0.15, -0.1) is 0 Å². The molecule has 2 fully saturated rings. The van der Waals surface area contributed by atoms with Crippen molar-refractivity contribution in [1.29, 1.82) is 0 Å². The number of hydrogen-bond acceptors (Lipinski definition) is 12. The summed E-state index contributed by atoms with van der Waals surface area (Å²) in [5, 5.41) is 72.9. The minimum Gasteiger partial charge on any atom is -0.394 e. The fraction of sp³-hybridized carbons (Fsp3) is 1.00. The van der Waals surface area contributed by atoms with Gasteiger partial charge in [-0.25, -0.2) is 0 Å². The second-order valence-electron chi connectivity index (χ2n) is 7.39. The quantitative estimate of drug-likeness (QED) is 0.0726. The van der Waals surface area contributed by atoms with Crippen LogP contribution in [0.1, 0.15) is 19.3 Å². The fourth-order valence-electron chi connectivity index (χ4n) is 3.40. The van der Waals surface area contributed by atoms with E-state index in [1.54, 1.807) is 0 Å². The van der Waals surface area contributed by atoms with Crippen LogP contribution < -0.4 is 0 Å². The number of ether oxygens (including phenoxy) is 4. The van der Waals surface area contributed by atoms with Crippen LogP contribution in [0.15, 0.2) is 5.11 Å². The monoisotopic (exact) mass is 453 g/mol. The maximum atomic E-state index is 10.5. The largest absolute Gasteiger partial charge is 0.394 e. The minimum atomic E-state index is -1.72. The first kappa shape index (κ1) is 26.1. The molecule has 4 unspecified atom stereocenters. The van der Waals surface area contributed by atoms with E-state index < -0.39 is 74.6 Å². The third-order valence-corrected chi connectivity index (χ3v) is 5.21. The van der Waals surface area contributed by atoms with Crippen LogP contribution in [0.2, 0.25) is 0 Å². The molecule has 0 saturated carbocycles. The van der Waals surface area contributed by atoms with Crippen molar-refractivity contribution in [1.82, 2.24) is 0 Å². The van der Waals surface area contributed by atoms with Crippen LogP contribution in [0, 0.1) is 0 Å². The van der Waals surface area contributed by atoms with Crippen LogP contribution in [0.25, 0.3) is 10.4 Å². The zero-order chi connectivity index (χ0) is 23.0. The molecule has 0 aromatic heterocycles. The van der Waals surface area contributed by atoms with Gasteiger partial charge in [-0.3, -0.25) is 0 Å². The number of nitrogens with zero attached hydrogens (tertiary/aromatic N) is 3. The normalized spacial score (nSPS) is 41.0. The van der Waals surface area contributed by atoms with E-state index in [-0.39, 0.29) is 6.61 Å². The number of hydrogen-bond donors (Lipinski definition) is 7. The summed E-state index contributed by atoms with van der Waals surface area (Å²) in [5.74, 6) is 0. The molecule has 0 aromatic carbocycles. The van der Waals surface area contributed by atoms with Gasteiger partial charge in [-0.1, -0.05) is 11.5 Å². The Balaban J connectivity index is 1.92. The molecule has 0 aliphatic carbocycles. The molecule has 2 aliphatic heterocycles. The molecule has 31 heavy (non-hydrogen) atoms. The van der Waals surface area contributed by atoms with E-state index >= 15 is 0 Å². The molecule has 14 nitrogen and oxygen atoms in total. The van der Waals surface area contributed by atoms with Crippen LogP contribution in [0.5, 0.6) is 0 Å². The van der Waals surface area contributed by atoms with Gasteiger partial charge in [0.25, 0.3) is 0 Å². The molecule has 2 rings (SSSR count). The smallest absolute Gasteiger partial charge is 0.187 e. The van der Waals surface area contributed by atoms with E-state index in [1.165, 1.54) is 0 Å². The summed E-state index contributed by atoms with van der Waals surface area (Å²) in [7, 11) is 0. The summed E-state index contributed by atoms with van der Waals surface area (Å²) >= 11 is 0. The van der Waals surface area contributed by atoms with Crippen molar-refractivity contribution in [2.24, 2.45) is 5.11 Å². The summed E-state index contributed by atoms with van der Waals surface area (Å²) in [6.45, 7) is -0.750. The van der Waals surface area contributed by atoms with E-state index in [1.807, 2.05) is 0 Å². The topological polar surface area (TPSA) is 227 Å². The van der Waals surface area contributed by atoms with E-state index in [0.29, 0.717) is 25.8 Å². The lowest BCUT2D eigenvalue weighted by Crippen LogP contribution is -2.64. The predicted molar refractivity (Wildman–Crippen MR) is 100 cm³/mol. The van der Waals surface area contributed by atoms with Gasteiger partial charge in [-0.05, 0) is 18.4 Å². The highest BCUT2D eigenvalue weighted by molar-refractivity contribution is 4.94. The predicted octanol–water partition coefficient (Wildman–Crippen LogP) is -2.89. The van der Waals surface area contributed by atoms with Crippen LogP contribution >= 0.6 is 0 Å². The molecule has 10 atom stereocenters. The number of rotatable bonds is 11. The van der Waals surface area contributed by atoms with Gasteiger partial charge in [-0.2, -0.15) is 0 Å². The van der Waals surface area contributed by atoms with Crippen molar-refractivity contribution in [2.75, 3.05) is 26.4 Å². The molecule has 2 heterocycles. The first-order chi connectivity index (χ1) is 14.8. The molecule has 2 aliphatic rings. The standard InChI is InChI=1S/C17H31N3O11/c18-20-19-4-2-1-3-5-28-16-14(27)12(25)15(9(7-22)30-16)31-17-13(26)11(24)10(23)8(6-21)29-17/h8-17,21-27H,1-7H2/t8?,9?,10-,11-,12+,13?,14?,15+,16+,17-/m0/s1. The van der Waals surface area contributed by atoms with Crippen molar-refractivity contribution < 1.29 is 54.7 Å². The Morgan fingerprint density at radius 1 is 0.774 bits per heavy atom. The highest BCUT2D eigenvalue weighted by atomic mass is 16.7. The number of aliphatic hydroxyl groups excluding tert-OH is 7. The zero-order valence-electron chi connectivity index (χ0n) is 16.8. The van der Waals surface area contributed by atoms with Crippen molar-refractivity contribution in [3.63, 3.8) is 0 Å². The number of aliphatic hydroxyl groups is 7. The molecular weight excluding hydrogens is 422 g/mol. The summed E-state index contributed by atoms with van der Waals surface area (Å²) in [5.41, 5.74) is 8.21. The summed E-state index contributed by atoms with van der Waals surface area (Å²) < 4.78 is 21.6. The highest BCUT2D eigenvalue weighted by Crippen LogP contribution is 2.29. The third-order valence-electron chi connectivity index (χ3n) is 5.21. The highest BCUT2D eigenvalue weighted by Gasteiger charge is 2.50. The van der Waals surface area contributed by atoms with Crippen molar-refractivity contribution in [3.8, 4) is 0 Å². The molecule has 0 aromatic rings. The van der Waals surface area contributed by atoms with Crippen molar-refractivity contribution in [2.45, 2.75) is 80.7 Å². The Bertz CT molecular complexity index is 578. The molecule has 14 heteroatoms. The lowest BCUT2D eigenvalue weighted by molar-refractivity contribution is -0.359. The first-order valence-electron chi connectivity index (χ1n) is 10.1. The van der Waals surface area contributed by atoms with Gasteiger partial charge in [0, 0.05) is 18.1 Å². The van der Waals surface area contributed by atoms with E-state index in [2.05, 4.69) is 10.0 Å². The number of azide groups is 1. The molecule has 0 amide bonds. The van der Waals surface area contributed by atoms with Gasteiger partial charge < -0.3 is 54.7 Å². The second kappa shape index (κ2) is 12.8. The Morgan fingerprint density at radius 2 is 1.42 bits per heavy atom. The Kier molecular flexibility index (Phi) is 10.8. The molecule has 7 N–H and O–H groups in total. The Morgan fingerprint density at radius 3 is 2.06 bits per heavy atom. The summed E-state index contributed by atoms with van der Waals surface area (Å²) in [6.07, 6.45) is -12.8. The third kappa shape index (κ3) is 6.68. The van der Waals surface area contributed by atoms with Gasteiger partial charge in [0.2, 0.25) is 0 Å². The maximum absolute atomic E-state index is 10.5. The molecule has 2 saturated heterocycles. The Hall–Kier alpha value is -1.13. The molecule has 180 valence electrons. The van der Waals surface area contributed by atoms with Crippen molar-refractivity contribution in [3.05, 3.63) is 10.4 Å². The van der Waals surface area contributed by atoms with E-state index in [0.717, 1.165) is 0 Å². The lowest BCUT2D eigenvalue weighted by Gasteiger charge is -2.45. The maximum Gasteiger partial charge on any atom is 0.187 e. The van der Waals surface area contributed by atoms with E-state index in [9.17, 15) is 35.7 Å². The zero-order valence-corrected chi connectivity index (χ0v) is 16.8. The molecule has 0 spiro atoms. The average Bonchev–Trinajstić information content (AvgIpc) is 2.77. The number of unbranched alkanes of at least 4 members (excludes halogenated alkanes) is 2. The summed E-state index contributed by atoms with van der Waals surface area (Å²) in [6, 6.07) is 0. The summed E-state index contributed by atoms with van der Waals surface area (Å²) in [4.78, 5) is 2.65. The van der Waals surface area contributed by atoms with Crippen LogP contribution in [0.3, 0.4) is 0 Å². The molecular formula is C17H31N3O11. The van der Waals surface area contributed by atoms with Gasteiger partial charge >= 0.3 is 0 Å². The first-order valence-corrected chi connectivity index (χ1v) is 10.1. The van der Waals surface area contributed by atoms with Gasteiger partial charge in [0.15, 0.2) is 12.6 Å². The van der Waals surface area contributed by atoms with Crippen molar-refractivity contribution >= 4 is 0 Å². The Labute approximate surface area is 178 Å². The van der Waals surface area contributed by atoms with Gasteiger partial charge in [0.05, 0.1) is 13.2 Å². The SMILES string of the molecule is [N-]=[N+]=NCCCCCO[C@@H]1OC(CO)[C@@H](O[C@@H]2OC(CO)[C@H](O)[C@H](O)C2O)[C@H](O)C1O. The fourth-order valence-corrected chi connectivity index (χ4v) is 3.40. The van der Waals surface area contributed by atoms with E-state index in [4.69, 9.17) is 24.5 Å². The van der Waals surface area contributed by atoms with Crippen LogP contribution in [-0.4, -0.2) is 124 Å². The van der Waals surface area contributed by atoms with Crippen LogP contribution in [0.4, 0.5) is 0 Å². The van der Waals surface area contributed by atoms with Gasteiger partial charge in [0.1, 0.15) is 48.8 Å². The minimum absolute atomic E-state index is 0.182. The van der Waals surface area contributed by atoms with Crippen LogP contribution in [-0.2, 0) is 18.9 Å². The lowest BCUT2D eigenvalue weighted by atomic mass is 9.97. The second-order valence-corrected chi connectivity index (χ2v) is 7.39. The average molecular weight is 453 g/mol. The molecule has 0 bridgehead atoms.